The van der Waals surface area contributed by atoms with Gasteiger partial charge in [0.25, 0.3) is 5.91 Å². The second-order valence-electron chi connectivity index (χ2n) is 3.96. The van der Waals surface area contributed by atoms with E-state index in [-0.39, 0.29) is 29.5 Å². The lowest BCUT2D eigenvalue weighted by atomic mass is 10.2. The van der Waals surface area contributed by atoms with Crippen molar-refractivity contribution in [2.45, 2.75) is 4.90 Å². The highest BCUT2D eigenvalue weighted by molar-refractivity contribution is 7.89. The number of nitrogens with two attached hydrogens (primary N) is 1. The van der Waals surface area contributed by atoms with Gasteiger partial charge in [0.05, 0.1) is 11.5 Å². The van der Waals surface area contributed by atoms with Crippen LogP contribution in [0.1, 0.15) is 10.4 Å². The van der Waals surface area contributed by atoms with Crippen molar-refractivity contribution in [1.29, 1.82) is 0 Å². The summed E-state index contributed by atoms with van der Waals surface area (Å²) in [5, 5.41) is 2.58. The van der Waals surface area contributed by atoms with Crippen LogP contribution in [-0.2, 0) is 14.8 Å². The van der Waals surface area contributed by atoms with E-state index in [0.29, 0.717) is 13.1 Å². The first-order valence-electron chi connectivity index (χ1n) is 6.08. The molecule has 4 N–H and O–H groups in total. The zero-order valence-corrected chi connectivity index (χ0v) is 12.1. The minimum Gasteiger partial charge on any atom is -0.383 e. The number of carbonyl (C=O) groups is 1. The molecule has 0 heterocycles. The standard InChI is InChI=1S/C12H19N3O4S/c1-19-8-7-15-20(17,18)11-4-2-3-10(9-11)12(16)14-6-5-13/h2-4,9,15H,5-8,13H2,1H3,(H,14,16). The minimum atomic E-state index is -3.64. The predicted molar refractivity (Wildman–Crippen MR) is 74.9 cm³/mol. The maximum atomic E-state index is 12.0. The zero-order valence-electron chi connectivity index (χ0n) is 11.3. The van der Waals surface area contributed by atoms with E-state index in [2.05, 4.69) is 10.0 Å². The molecule has 0 spiro atoms. The van der Waals surface area contributed by atoms with Crippen molar-refractivity contribution >= 4 is 15.9 Å². The molecule has 7 nitrogen and oxygen atoms in total. The van der Waals surface area contributed by atoms with Crippen LogP contribution in [0.15, 0.2) is 29.2 Å². The molecular formula is C12H19N3O4S. The Balaban J connectivity index is 2.84. The minimum absolute atomic E-state index is 0.0361. The Morgan fingerprint density at radius 1 is 1.35 bits per heavy atom. The van der Waals surface area contributed by atoms with Gasteiger partial charge in [0.15, 0.2) is 0 Å². The Hall–Kier alpha value is -1.48. The first-order chi connectivity index (χ1) is 9.51. The number of benzene rings is 1. The third kappa shape index (κ3) is 4.89. The summed E-state index contributed by atoms with van der Waals surface area (Å²) in [6.07, 6.45) is 0. The van der Waals surface area contributed by atoms with E-state index in [0.717, 1.165) is 0 Å². The maximum absolute atomic E-state index is 12.0. The summed E-state index contributed by atoms with van der Waals surface area (Å²) in [5.41, 5.74) is 5.56. The summed E-state index contributed by atoms with van der Waals surface area (Å²) < 4.78 is 31.1. The second-order valence-corrected chi connectivity index (χ2v) is 5.73. The van der Waals surface area contributed by atoms with E-state index < -0.39 is 10.0 Å². The molecule has 0 saturated carbocycles. The smallest absolute Gasteiger partial charge is 0.251 e. The highest BCUT2D eigenvalue weighted by Gasteiger charge is 2.15. The third-order valence-corrected chi connectivity index (χ3v) is 3.89. The van der Waals surface area contributed by atoms with Crippen LogP contribution < -0.4 is 15.8 Å². The van der Waals surface area contributed by atoms with Gasteiger partial charge in [-0.1, -0.05) is 6.07 Å². The summed E-state index contributed by atoms with van der Waals surface area (Å²) in [7, 11) is -2.16. The first kappa shape index (κ1) is 16.6. The van der Waals surface area contributed by atoms with Crippen LogP contribution in [0.5, 0.6) is 0 Å². The molecule has 0 unspecified atom stereocenters. The monoisotopic (exact) mass is 301 g/mol. The van der Waals surface area contributed by atoms with E-state index in [1.807, 2.05) is 0 Å². The lowest BCUT2D eigenvalue weighted by molar-refractivity contribution is 0.0954. The van der Waals surface area contributed by atoms with E-state index in [1.165, 1.54) is 25.3 Å². The topological polar surface area (TPSA) is 111 Å². The molecule has 0 saturated heterocycles. The number of rotatable bonds is 8. The Morgan fingerprint density at radius 3 is 2.75 bits per heavy atom. The van der Waals surface area contributed by atoms with Crippen molar-refractivity contribution in [2.75, 3.05) is 33.4 Å². The van der Waals surface area contributed by atoms with Gasteiger partial charge in [-0.3, -0.25) is 4.79 Å². The quantitative estimate of drug-likeness (QED) is 0.550. The molecule has 8 heteroatoms. The van der Waals surface area contributed by atoms with Crippen LogP contribution in [0.25, 0.3) is 0 Å². The maximum Gasteiger partial charge on any atom is 0.251 e. The molecule has 20 heavy (non-hydrogen) atoms. The molecule has 0 bridgehead atoms. The molecule has 0 aliphatic heterocycles. The average Bonchev–Trinajstić information content (AvgIpc) is 2.45. The molecule has 1 aromatic carbocycles. The van der Waals surface area contributed by atoms with Crippen LogP contribution in [-0.4, -0.2) is 47.7 Å². The summed E-state index contributed by atoms with van der Waals surface area (Å²) in [6.45, 7) is 1.10. The molecule has 0 fully saturated rings. The molecule has 1 amide bonds. The average molecular weight is 301 g/mol. The molecule has 1 aromatic rings. The lowest BCUT2D eigenvalue weighted by Crippen LogP contribution is -2.30. The normalized spacial score (nSPS) is 11.3. The van der Waals surface area contributed by atoms with Gasteiger partial charge in [0.1, 0.15) is 0 Å². The van der Waals surface area contributed by atoms with E-state index in [4.69, 9.17) is 10.5 Å². The molecule has 1 rings (SSSR count). The molecule has 0 aliphatic carbocycles. The van der Waals surface area contributed by atoms with Crippen LogP contribution in [0.4, 0.5) is 0 Å². The lowest BCUT2D eigenvalue weighted by Gasteiger charge is -2.08. The molecule has 112 valence electrons. The van der Waals surface area contributed by atoms with Crippen molar-refractivity contribution in [3.05, 3.63) is 29.8 Å². The van der Waals surface area contributed by atoms with Gasteiger partial charge >= 0.3 is 0 Å². The Bertz CT molecular complexity index is 545. The van der Waals surface area contributed by atoms with Crippen LogP contribution in [0.3, 0.4) is 0 Å². The van der Waals surface area contributed by atoms with Crippen molar-refractivity contribution in [3.63, 3.8) is 0 Å². The van der Waals surface area contributed by atoms with E-state index >= 15 is 0 Å². The number of nitrogens with one attached hydrogen (secondary N) is 2. The fraction of sp³-hybridized carbons (Fsp3) is 0.417. The first-order valence-corrected chi connectivity index (χ1v) is 7.56. The molecular weight excluding hydrogens is 282 g/mol. The molecule has 0 radical (unpaired) electrons. The zero-order chi connectivity index (χ0) is 15.0. The summed E-state index contributed by atoms with van der Waals surface area (Å²) in [6, 6.07) is 5.80. The van der Waals surface area contributed by atoms with Crippen LogP contribution >= 0.6 is 0 Å². The highest BCUT2D eigenvalue weighted by Crippen LogP contribution is 2.11. The Kier molecular flexibility index (Phi) is 6.59. The van der Waals surface area contributed by atoms with Crippen molar-refractivity contribution < 1.29 is 17.9 Å². The van der Waals surface area contributed by atoms with Gasteiger partial charge < -0.3 is 15.8 Å². The predicted octanol–water partition coefficient (Wildman–Crippen LogP) is -0.700. The third-order valence-electron chi connectivity index (χ3n) is 2.43. The number of amides is 1. The number of ether oxygens (including phenoxy) is 1. The number of hydrogen-bond acceptors (Lipinski definition) is 5. The summed E-state index contributed by atoms with van der Waals surface area (Å²) >= 11 is 0. The summed E-state index contributed by atoms with van der Waals surface area (Å²) in [5.74, 6) is -0.357. The van der Waals surface area contributed by atoms with Crippen molar-refractivity contribution in [1.82, 2.24) is 10.0 Å². The van der Waals surface area contributed by atoms with E-state index in [1.54, 1.807) is 6.07 Å². The molecule has 0 aliphatic rings. The highest BCUT2D eigenvalue weighted by atomic mass is 32.2. The SMILES string of the molecule is COCCNS(=O)(=O)c1cccc(C(=O)NCCN)c1. The number of hydrogen-bond donors (Lipinski definition) is 3. The van der Waals surface area contributed by atoms with Crippen molar-refractivity contribution in [2.24, 2.45) is 5.73 Å². The van der Waals surface area contributed by atoms with Gasteiger partial charge in [-0.25, -0.2) is 13.1 Å². The fourth-order valence-corrected chi connectivity index (χ4v) is 2.51. The van der Waals surface area contributed by atoms with E-state index in [9.17, 15) is 13.2 Å². The largest absolute Gasteiger partial charge is 0.383 e. The fourth-order valence-electron chi connectivity index (χ4n) is 1.45. The number of sulfonamides is 1. The van der Waals surface area contributed by atoms with Crippen molar-refractivity contribution in [3.8, 4) is 0 Å². The van der Waals surface area contributed by atoms with Gasteiger partial charge in [-0.05, 0) is 18.2 Å². The Labute approximate surface area is 118 Å². The number of methoxy groups -OCH3 is 1. The molecule has 0 aromatic heterocycles. The van der Waals surface area contributed by atoms with Gasteiger partial charge in [0, 0.05) is 32.3 Å². The van der Waals surface area contributed by atoms with Crippen LogP contribution in [0.2, 0.25) is 0 Å². The van der Waals surface area contributed by atoms with Crippen LogP contribution in [0, 0.1) is 0 Å². The summed E-state index contributed by atoms with van der Waals surface area (Å²) in [4.78, 5) is 11.8. The van der Waals surface area contributed by atoms with Gasteiger partial charge in [-0.15, -0.1) is 0 Å². The second kappa shape index (κ2) is 7.95. The molecule has 0 atom stereocenters. The number of carbonyl (C=O) groups excluding carboxylic acids is 1. The van der Waals surface area contributed by atoms with Gasteiger partial charge in [0.2, 0.25) is 10.0 Å². The Morgan fingerprint density at radius 2 is 2.10 bits per heavy atom. The van der Waals surface area contributed by atoms with Gasteiger partial charge in [-0.2, -0.15) is 0 Å².